The molecule has 0 bridgehead atoms. The predicted molar refractivity (Wildman–Crippen MR) is 65.6 cm³/mol. The first-order chi connectivity index (χ1) is 7.13. The maximum atomic E-state index is 11.3. The van der Waals surface area contributed by atoms with Gasteiger partial charge >= 0.3 is 5.97 Å². The second-order valence-corrected chi connectivity index (χ2v) is 5.22. The summed E-state index contributed by atoms with van der Waals surface area (Å²) in [4.78, 5) is 12.6. The third-order valence-electron chi connectivity index (χ3n) is 2.21. The lowest BCUT2D eigenvalue weighted by Crippen LogP contribution is -2.00. The number of halogens is 1. The smallest absolute Gasteiger partial charge is 0.337 e. The van der Waals surface area contributed by atoms with Crippen molar-refractivity contribution in [2.45, 2.75) is 6.92 Å². The van der Waals surface area contributed by atoms with E-state index in [4.69, 9.17) is 0 Å². The summed E-state index contributed by atoms with van der Waals surface area (Å²) in [5.41, 5.74) is 0.587. The number of ether oxygens (including phenoxy) is 1. The number of hydrogen-bond donors (Lipinski definition) is 0. The van der Waals surface area contributed by atoms with Gasteiger partial charge in [0.1, 0.15) is 0 Å². The molecule has 0 amide bonds. The van der Waals surface area contributed by atoms with Crippen LogP contribution in [0.5, 0.6) is 0 Å². The number of methoxy groups -OCH3 is 1. The molecule has 78 valence electrons. The second kappa shape index (κ2) is 3.94. The van der Waals surface area contributed by atoms with Crippen LogP contribution in [0, 0.1) is 6.92 Å². The number of hydrogen-bond acceptors (Lipinski definition) is 3. The molecule has 1 aromatic heterocycles. The second-order valence-electron chi connectivity index (χ2n) is 3.17. The molecule has 1 heterocycles. The van der Waals surface area contributed by atoms with Crippen LogP contribution in [0.25, 0.3) is 10.1 Å². The summed E-state index contributed by atoms with van der Waals surface area (Å²) >= 11 is 5.22. The summed E-state index contributed by atoms with van der Waals surface area (Å²) in [6.45, 7) is 2.05. The molecule has 1 aromatic carbocycles. The highest BCUT2D eigenvalue weighted by Gasteiger charge is 2.10. The number of rotatable bonds is 1. The first-order valence-corrected chi connectivity index (χ1v) is 6.01. The highest BCUT2D eigenvalue weighted by atomic mass is 79.9. The van der Waals surface area contributed by atoms with Crippen LogP contribution < -0.4 is 0 Å². The van der Waals surface area contributed by atoms with Gasteiger partial charge in [-0.15, -0.1) is 11.3 Å². The molecule has 0 aliphatic rings. The summed E-state index contributed by atoms with van der Waals surface area (Å²) in [6, 6.07) is 5.59. The Morgan fingerprint density at radius 2 is 2.20 bits per heavy atom. The van der Waals surface area contributed by atoms with Gasteiger partial charge in [0.25, 0.3) is 0 Å². The lowest BCUT2D eigenvalue weighted by molar-refractivity contribution is 0.0601. The molecule has 0 spiro atoms. The van der Waals surface area contributed by atoms with Gasteiger partial charge in [-0.3, -0.25) is 0 Å². The average molecular weight is 285 g/mol. The first-order valence-electron chi connectivity index (χ1n) is 4.40. The lowest BCUT2D eigenvalue weighted by atomic mass is 10.1. The SMILES string of the molecule is COC(=O)c1ccc2sc(C)c(Br)c2c1. The van der Waals surface area contributed by atoms with E-state index in [0.717, 1.165) is 9.86 Å². The summed E-state index contributed by atoms with van der Waals surface area (Å²) in [7, 11) is 1.39. The van der Waals surface area contributed by atoms with Crippen molar-refractivity contribution in [1.29, 1.82) is 0 Å². The number of carbonyl (C=O) groups excluding carboxylic acids is 1. The van der Waals surface area contributed by atoms with Crippen LogP contribution >= 0.6 is 27.3 Å². The van der Waals surface area contributed by atoms with Crippen LogP contribution in [0.3, 0.4) is 0 Å². The number of fused-ring (bicyclic) bond motifs is 1. The van der Waals surface area contributed by atoms with E-state index in [2.05, 4.69) is 20.7 Å². The molecule has 2 rings (SSSR count). The lowest BCUT2D eigenvalue weighted by Gasteiger charge is -1.98. The Balaban J connectivity index is 2.64. The maximum Gasteiger partial charge on any atom is 0.337 e. The highest BCUT2D eigenvalue weighted by molar-refractivity contribution is 9.10. The van der Waals surface area contributed by atoms with Crippen LogP contribution in [0.15, 0.2) is 22.7 Å². The van der Waals surface area contributed by atoms with Crippen LogP contribution in [-0.4, -0.2) is 13.1 Å². The summed E-state index contributed by atoms with van der Waals surface area (Å²) in [5.74, 6) is -0.298. The normalized spacial score (nSPS) is 10.6. The molecule has 0 N–H and O–H groups in total. The minimum atomic E-state index is -0.298. The molecular formula is C11H9BrO2S. The molecule has 4 heteroatoms. The van der Waals surface area contributed by atoms with E-state index in [-0.39, 0.29) is 5.97 Å². The molecule has 15 heavy (non-hydrogen) atoms. The molecule has 0 atom stereocenters. The largest absolute Gasteiger partial charge is 0.465 e. The van der Waals surface area contributed by atoms with E-state index in [1.165, 1.54) is 16.7 Å². The maximum absolute atomic E-state index is 11.3. The van der Waals surface area contributed by atoms with Gasteiger partial charge < -0.3 is 4.74 Å². The van der Waals surface area contributed by atoms with Gasteiger partial charge in [-0.05, 0) is 41.1 Å². The fraction of sp³-hybridized carbons (Fsp3) is 0.182. The van der Waals surface area contributed by atoms with E-state index < -0.39 is 0 Å². The van der Waals surface area contributed by atoms with Crippen molar-refractivity contribution in [2.24, 2.45) is 0 Å². The molecule has 2 nitrogen and oxygen atoms in total. The molecule has 0 saturated carbocycles. The number of thiophene rings is 1. The fourth-order valence-corrected chi connectivity index (χ4v) is 3.07. The summed E-state index contributed by atoms with van der Waals surface area (Å²) in [5, 5.41) is 1.07. The highest BCUT2D eigenvalue weighted by Crippen LogP contribution is 2.35. The number of esters is 1. The van der Waals surface area contributed by atoms with E-state index in [0.29, 0.717) is 5.56 Å². The Labute approximate surface area is 100.0 Å². The quantitative estimate of drug-likeness (QED) is 0.746. The summed E-state index contributed by atoms with van der Waals surface area (Å²) in [6.07, 6.45) is 0. The first kappa shape index (κ1) is 10.6. The molecule has 0 radical (unpaired) electrons. The van der Waals surface area contributed by atoms with Crippen molar-refractivity contribution in [1.82, 2.24) is 0 Å². The van der Waals surface area contributed by atoms with Crippen LogP contribution in [-0.2, 0) is 4.74 Å². The number of carbonyl (C=O) groups is 1. The van der Waals surface area contributed by atoms with Crippen molar-refractivity contribution in [3.05, 3.63) is 33.1 Å². The monoisotopic (exact) mass is 284 g/mol. The molecular weight excluding hydrogens is 276 g/mol. The standard InChI is InChI=1S/C11H9BrO2S/c1-6-10(12)8-5-7(11(13)14-2)3-4-9(8)15-6/h3-5H,1-2H3. The van der Waals surface area contributed by atoms with Crippen molar-refractivity contribution in [2.75, 3.05) is 7.11 Å². The topological polar surface area (TPSA) is 26.3 Å². The zero-order chi connectivity index (χ0) is 11.0. The van der Waals surface area contributed by atoms with Gasteiger partial charge in [-0.1, -0.05) is 0 Å². The van der Waals surface area contributed by atoms with E-state index in [9.17, 15) is 4.79 Å². The third kappa shape index (κ3) is 1.79. The molecule has 0 aliphatic carbocycles. The zero-order valence-corrected chi connectivity index (χ0v) is 10.7. The van der Waals surface area contributed by atoms with E-state index in [1.54, 1.807) is 17.4 Å². The zero-order valence-electron chi connectivity index (χ0n) is 8.33. The van der Waals surface area contributed by atoms with E-state index in [1.807, 2.05) is 19.1 Å². The van der Waals surface area contributed by atoms with Crippen molar-refractivity contribution in [3.8, 4) is 0 Å². The van der Waals surface area contributed by atoms with Gasteiger partial charge in [0.05, 0.1) is 12.7 Å². The Morgan fingerprint density at radius 3 is 2.87 bits per heavy atom. The van der Waals surface area contributed by atoms with Gasteiger partial charge in [0.2, 0.25) is 0 Å². The van der Waals surface area contributed by atoms with Crippen LogP contribution in [0.4, 0.5) is 0 Å². The summed E-state index contributed by atoms with van der Waals surface area (Å²) < 4.78 is 6.92. The Morgan fingerprint density at radius 1 is 1.47 bits per heavy atom. The van der Waals surface area contributed by atoms with Crippen molar-refractivity contribution in [3.63, 3.8) is 0 Å². The predicted octanol–water partition coefficient (Wildman–Crippen LogP) is 3.76. The number of benzene rings is 1. The Hall–Kier alpha value is -0.870. The van der Waals surface area contributed by atoms with Crippen molar-refractivity contribution >= 4 is 43.3 Å². The minimum Gasteiger partial charge on any atom is -0.465 e. The third-order valence-corrected chi connectivity index (χ3v) is 4.58. The molecule has 0 aliphatic heterocycles. The van der Waals surface area contributed by atoms with E-state index >= 15 is 0 Å². The molecule has 2 aromatic rings. The van der Waals surface area contributed by atoms with Crippen molar-refractivity contribution < 1.29 is 9.53 Å². The fourth-order valence-electron chi connectivity index (χ4n) is 1.43. The van der Waals surface area contributed by atoms with Gasteiger partial charge in [-0.25, -0.2) is 4.79 Å². The minimum absolute atomic E-state index is 0.298. The Bertz CT molecular complexity index is 531. The van der Waals surface area contributed by atoms with Gasteiger partial charge in [-0.2, -0.15) is 0 Å². The average Bonchev–Trinajstić information content (AvgIpc) is 2.54. The molecule has 0 fully saturated rings. The van der Waals surface area contributed by atoms with Gasteiger partial charge in [0.15, 0.2) is 0 Å². The Kier molecular flexibility index (Phi) is 2.80. The van der Waals surface area contributed by atoms with Crippen LogP contribution in [0.1, 0.15) is 15.2 Å². The molecule has 0 saturated heterocycles. The number of aryl methyl sites for hydroxylation is 1. The van der Waals surface area contributed by atoms with Crippen LogP contribution in [0.2, 0.25) is 0 Å². The molecule has 0 unspecified atom stereocenters. The van der Waals surface area contributed by atoms with Gasteiger partial charge in [0, 0.05) is 19.4 Å².